The third kappa shape index (κ3) is 2.85. The van der Waals surface area contributed by atoms with Gasteiger partial charge in [-0.1, -0.05) is 0 Å². The normalized spacial score (nSPS) is 20.4. The topological polar surface area (TPSA) is 43.4 Å². The Morgan fingerprint density at radius 2 is 2.50 bits per heavy atom. The standard InChI is InChI=1S/C12H18N2O2/c1-15-11-5-3-7-14-12(11)16-9-10-4-2-6-13-8-10/h3,5,7,10,13H,2,4,6,8-9H2,1H3. The minimum atomic E-state index is 0.584. The Hall–Kier alpha value is -1.29. The molecule has 16 heavy (non-hydrogen) atoms. The van der Waals surface area contributed by atoms with E-state index in [1.165, 1.54) is 12.8 Å². The average molecular weight is 222 g/mol. The van der Waals surface area contributed by atoms with Crippen molar-refractivity contribution >= 4 is 0 Å². The summed E-state index contributed by atoms with van der Waals surface area (Å²) in [4.78, 5) is 4.17. The van der Waals surface area contributed by atoms with Crippen molar-refractivity contribution in [3.05, 3.63) is 18.3 Å². The van der Waals surface area contributed by atoms with Crippen LogP contribution in [0, 0.1) is 5.92 Å². The van der Waals surface area contributed by atoms with Crippen molar-refractivity contribution in [2.45, 2.75) is 12.8 Å². The predicted molar refractivity (Wildman–Crippen MR) is 61.9 cm³/mol. The lowest BCUT2D eigenvalue weighted by Crippen LogP contribution is -2.33. The lowest BCUT2D eigenvalue weighted by atomic mass is 10.0. The van der Waals surface area contributed by atoms with Crippen molar-refractivity contribution in [2.24, 2.45) is 5.92 Å². The summed E-state index contributed by atoms with van der Waals surface area (Å²) in [6, 6.07) is 3.70. The highest BCUT2D eigenvalue weighted by Gasteiger charge is 2.14. The smallest absolute Gasteiger partial charge is 0.256 e. The molecule has 0 radical (unpaired) electrons. The monoisotopic (exact) mass is 222 g/mol. The van der Waals surface area contributed by atoms with Crippen LogP contribution in [0.1, 0.15) is 12.8 Å². The molecule has 1 aromatic heterocycles. The number of aromatic nitrogens is 1. The molecular formula is C12H18N2O2. The van der Waals surface area contributed by atoms with E-state index < -0.39 is 0 Å². The third-order valence-corrected chi connectivity index (χ3v) is 2.81. The molecule has 2 rings (SSSR count). The molecule has 0 spiro atoms. The summed E-state index contributed by atoms with van der Waals surface area (Å²) in [5.74, 6) is 1.88. The largest absolute Gasteiger partial charge is 0.491 e. The Labute approximate surface area is 96.0 Å². The molecule has 0 saturated carbocycles. The van der Waals surface area contributed by atoms with E-state index in [9.17, 15) is 0 Å². The van der Waals surface area contributed by atoms with Gasteiger partial charge in [-0.15, -0.1) is 0 Å². The van der Waals surface area contributed by atoms with Crippen molar-refractivity contribution in [3.63, 3.8) is 0 Å². The van der Waals surface area contributed by atoms with Crippen LogP contribution in [0.3, 0.4) is 0 Å². The molecule has 1 aliphatic rings. The summed E-state index contributed by atoms with van der Waals surface area (Å²) in [6.07, 6.45) is 4.17. The fourth-order valence-electron chi connectivity index (χ4n) is 1.90. The summed E-state index contributed by atoms with van der Waals surface area (Å²) in [5, 5.41) is 3.37. The van der Waals surface area contributed by atoms with E-state index >= 15 is 0 Å². The van der Waals surface area contributed by atoms with Gasteiger partial charge in [0.1, 0.15) is 0 Å². The van der Waals surface area contributed by atoms with Crippen LogP contribution >= 0.6 is 0 Å². The molecule has 1 atom stereocenters. The fraction of sp³-hybridized carbons (Fsp3) is 0.583. The number of ether oxygens (including phenoxy) is 2. The first-order valence-corrected chi connectivity index (χ1v) is 5.72. The van der Waals surface area contributed by atoms with Crippen LogP contribution < -0.4 is 14.8 Å². The number of hydrogen-bond donors (Lipinski definition) is 1. The van der Waals surface area contributed by atoms with Gasteiger partial charge < -0.3 is 14.8 Å². The molecule has 1 unspecified atom stereocenters. The number of hydrogen-bond acceptors (Lipinski definition) is 4. The van der Waals surface area contributed by atoms with Gasteiger partial charge in [0.15, 0.2) is 5.75 Å². The molecule has 4 nitrogen and oxygen atoms in total. The Morgan fingerprint density at radius 3 is 3.25 bits per heavy atom. The molecule has 88 valence electrons. The van der Waals surface area contributed by atoms with Gasteiger partial charge >= 0.3 is 0 Å². The fourth-order valence-corrected chi connectivity index (χ4v) is 1.90. The zero-order valence-electron chi connectivity index (χ0n) is 9.61. The van der Waals surface area contributed by atoms with E-state index in [2.05, 4.69) is 10.3 Å². The second-order valence-corrected chi connectivity index (χ2v) is 4.03. The highest BCUT2D eigenvalue weighted by atomic mass is 16.5. The maximum atomic E-state index is 5.69. The van der Waals surface area contributed by atoms with E-state index in [1.807, 2.05) is 12.1 Å². The summed E-state index contributed by atoms with van der Waals surface area (Å²) in [6.45, 7) is 2.87. The van der Waals surface area contributed by atoms with Crippen LogP contribution in [0.15, 0.2) is 18.3 Å². The summed E-state index contributed by atoms with van der Waals surface area (Å²) < 4.78 is 10.9. The number of methoxy groups -OCH3 is 1. The second kappa shape index (κ2) is 5.70. The third-order valence-electron chi connectivity index (χ3n) is 2.81. The molecule has 1 saturated heterocycles. The van der Waals surface area contributed by atoms with Crippen molar-refractivity contribution in [1.82, 2.24) is 10.3 Å². The van der Waals surface area contributed by atoms with Crippen molar-refractivity contribution < 1.29 is 9.47 Å². The number of pyridine rings is 1. The van der Waals surface area contributed by atoms with E-state index in [-0.39, 0.29) is 0 Å². The van der Waals surface area contributed by atoms with Gasteiger partial charge in [0.05, 0.1) is 13.7 Å². The molecular weight excluding hydrogens is 204 g/mol. The maximum Gasteiger partial charge on any atom is 0.256 e. The molecule has 0 aliphatic carbocycles. The molecule has 1 N–H and O–H groups in total. The Bertz CT molecular complexity index is 325. The Balaban J connectivity index is 1.88. The van der Waals surface area contributed by atoms with Crippen molar-refractivity contribution in [1.29, 1.82) is 0 Å². The van der Waals surface area contributed by atoms with Gasteiger partial charge in [0, 0.05) is 18.7 Å². The van der Waals surface area contributed by atoms with E-state index in [0.29, 0.717) is 24.2 Å². The minimum Gasteiger partial charge on any atom is -0.491 e. The quantitative estimate of drug-likeness (QED) is 0.837. The molecule has 0 aromatic carbocycles. The SMILES string of the molecule is COc1cccnc1OCC1CCCNC1. The maximum absolute atomic E-state index is 5.69. The number of rotatable bonds is 4. The first kappa shape index (κ1) is 11.2. The van der Waals surface area contributed by atoms with Crippen LogP contribution in [-0.4, -0.2) is 31.8 Å². The molecule has 1 aromatic rings. The molecule has 0 bridgehead atoms. The number of nitrogens with one attached hydrogen (secondary N) is 1. The van der Waals surface area contributed by atoms with Crippen LogP contribution in [0.5, 0.6) is 11.6 Å². The highest BCUT2D eigenvalue weighted by molar-refractivity contribution is 5.32. The summed E-state index contributed by atoms with van der Waals surface area (Å²) >= 11 is 0. The van der Waals surface area contributed by atoms with Gasteiger partial charge in [-0.2, -0.15) is 0 Å². The summed E-state index contributed by atoms with van der Waals surface area (Å²) in [7, 11) is 1.63. The summed E-state index contributed by atoms with van der Waals surface area (Å²) in [5.41, 5.74) is 0. The van der Waals surface area contributed by atoms with Gasteiger partial charge in [-0.25, -0.2) is 4.98 Å². The van der Waals surface area contributed by atoms with E-state index in [0.717, 1.165) is 13.1 Å². The lowest BCUT2D eigenvalue weighted by Gasteiger charge is -2.22. The van der Waals surface area contributed by atoms with Gasteiger partial charge in [0.25, 0.3) is 5.88 Å². The van der Waals surface area contributed by atoms with Gasteiger partial charge in [-0.05, 0) is 31.5 Å². The lowest BCUT2D eigenvalue weighted by molar-refractivity contribution is 0.204. The van der Waals surface area contributed by atoms with Crippen molar-refractivity contribution in [2.75, 3.05) is 26.8 Å². The van der Waals surface area contributed by atoms with E-state index in [4.69, 9.17) is 9.47 Å². The van der Waals surface area contributed by atoms with Crippen LogP contribution in [-0.2, 0) is 0 Å². The van der Waals surface area contributed by atoms with Gasteiger partial charge in [-0.3, -0.25) is 0 Å². The zero-order valence-corrected chi connectivity index (χ0v) is 9.61. The van der Waals surface area contributed by atoms with E-state index in [1.54, 1.807) is 13.3 Å². The number of piperidine rings is 1. The Morgan fingerprint density at radius 1 is 1.56 bits per heavy atom. The Kier molecular flexibility index (Phi) is 3.99. The molecule has 2 heterocycles. The zero-order chi connectivity index (χ0) is 11.2. The predicted octanol–water partition coefficient (Wildman–Crippen LogP) is 1.47. The molecule has 4 heteroatoms. The molecule has 1 fully saturated rings. The molecule has 0 amide bonds. The first-order valence-electron chi connectivity index (χ1n) is 5.72. The second-order valence-electron chi connectivity index (χ2n) is 4.03. The average Bonchev–Trinajstić information content (AvgIpc) is 2.38. The van der Waals surface area contributed by atoms with Gasteiger partial charge in [0.2, 0.25) is 0 Å². The number of nitrogens with zero attached hydrogens (tertiary/aromatic N) is 1. The minimum absolute atomic E-state index is 0.584. The van der Waals surface area contributed by atoms with Crippen LogP contribution in [0.25, 0.3) is 0 Å². The van der Waals surface area contributed by atoms with Crippen LogP contribution in [0.2, 0.25) is 0 Å². The van der Waals surface area contributed by atoms with Crippen molar-refractivity contribution in [3.8, 4) is 11.6 Å². The highest BCUT2D eigenvalue weighted by Crippen LogP contribution is 2.23. The first-order chi connectivity index (χ1) is 7.90. The van der Waals surface area contributed by atoms with Crippen LogP contribution in [0.4, 0.5) is 0 Å². The molecule has 1 aliphatic heterocycles.